The minimum absolute atomic E-state index is 0. The zero-order chi connectivity index (χ0) is 17.8. The van der Waals surface area contributed by atoms with Crippen LogP contribution in [0.15, 0.2) is 35.6 Å². The highest BCUT2D eigenvalue weighted by Crippen LogP contribution is 2.27. The molecule has 0 saturated heterocycles. The molecule has 0 spiro atoms. The molecule has 8 heteroatoms. The van der Waals surface area contributed by atoms with Crippen molar-refractivity contribution in [3.8, 4) is 5.75 Å². The number of aliphatic imine (C=N–C) groups is 1. The number of aryl methyl sites for hydroxylation is 1. The number of halogens is 1. The predicted octanol–water partition coefficient (Wildman–Crippen LogP) is 2.51. The molecule has 146 valence electrons. The fourth-order valence-corrected chi connectivity index (χ4v) is 3.36. The molecule has 7 nitrogen and oxygen atoms in total. The van der Waals surface area contributed by atoms with E-state index in [4.69, 9.17) is 4.74 Å². The lowest BCUT2D eigenvalue weighted by molar-refractivity contribution is 0.119. The molecule has 1 aliphatic heterocycles. The van der Waals surface area contributed by atoms with Gasteiger partial charge in [0.05, 0.1) is 12.6 Å². The van der Waals surface area contributed by atoms with Crippen molar-refractivity contribution in [2.45, 2.75) is 57.3 Å². The maximum Gasteiger partial charge on any atom is 0.191 e. The number of guanidine groups is 1. The molecule has 4 rings (SSSR count). The van der Waals surface area contributed by atoms with Gasteiger partial charge in [0.15, 0.2) is 5.96 Å². The summed E-state index contributed by atoms with van der Waals surface area (Å²) in [5.74, 6) is 2.84. The first-order chi connectivity index (χ1) is 12.8. The maximum atomic E-state index is 6.11. The third-order valence-corrected chi connectivity index (χ3v) is 5.13. The Kier molecular flexibility index (Phi) is 6.92. The van der Waals surface area contributed by atoms with Gasteiger partial charge in [-0.3, -0.25) is 4.99 Å². The number of hydrogen-bond donors (Lipinski definition) is 2. The van der Waals surface area contributed by atoms with Crippen LogP contribution < -0.4 is 15.4 Å². The van der Waals surface area contributed by atoms with Crippen LogP contribution in [-0.4, -0.2) is 39.9 Å². The molecule has 2 N–H and O–H groups in total. The quantitative estimate of drug-likeness (QED) is 0.389. The van der Waals surface area contributed by atoms with Gasteiger partial charge in [0.25, 0.3) is 0 Å². The van der Waals surface area contributed by atoms with Gasteiger partial charge in [-0.05, 0) is 31.7 Å². The second-order valence-corrected chi connectivity index (χ2v) is 6.94. The van der Waals surface area contributed by atoms with Crippen LogP contribution in [0.25, 0.3) is 0 Å². The van der Waals surface area contributed by atoms with Crippen molar-refractivity contribution < 1.29 is 4.74 Å². The van der Waals surface area contributed by atoms with Gasteiger partial charge >= 0.3 is 0 Å². The smallest absolute Gasteiger partial charge is 0.191 e. The lowest BCUT2D eigenvalue weighted by Crippen LogP contribution is -2.46. The number of ether oxygens (including phenoxy) is 1. The van der Waals surface area contributed by atoms with Crippen molar-refractivity contribution in [3.63, 3.8) is 0 Å². The summed E-state index contributed by atoms with van der Waals surface area (Å²) < 4.78 is 8.08. The van der Waals surface area contributed by atoms with Crippen molar-refractivity contribution in [1.29, 1.82) is 0 Å². The number of aromatic nitrogens is 3. The number of nitrogens with one attached hydrogen (secondary N) is 2. The normalized spacial score (nSPS) is 19.4. The van der Waals surface area contributed by atoms with Crippen molar-refractivity contribution >= 4 is 29.9 Å². The lowest BCUT2D eigenvalue weighted by Gasteiger charge is -2.28. The summed E-state index contributed by atoms with van der Waals surface area (Å²) in [6.07, 6.45) is 7.58. The Balaban J connectivity index is 0.00000210. The molecule has 2 aliphatic rings. The summed E-state index contributed by atoms with van der Waals surface area (Å²) >= 11 is 0. The monoisotopic (exact) mass is 482 g/mol. The van der Waals surface area contributed by atoms with Gasteiger partial charge in [0.2, 0.25) is 0 Å². The van der Waals surface area contributed by atoms with E-state index in [9.17, 15) is 0 Å². The van der Waals surface area contributed by atoms with Crippen LogP contribution in [0.4, 0.5) is 0 Å². The Hall–Kier alpha value is -1.84. The van der Waals surface area contributed by atoms with E-state index in [1.54, 1.807) is 13.4 Å². The van der Waals surface area contributed by atoms with Crippen LogP contribution in [0.1, 0.15) is 37.1 Å². The van der Waals surface area contributed by atoms with Gasteiger partial charge in [-0.2, -0.15) is 5.10 Å². The van der Waals surface area contributed by atoms with Crippen molar-refractivity contribution in [1.82, 2.24) is 25.4 Å². The Morgan fingerprint density at radius 3 is 2.93 bits per heavy atom. The van der Waals surface area contributed by atoms with E-state index in [2.05, 4.69) is 37.8 Å². The number of hydrogen-bond acceptors (Lipinski definition) is 4. The van der Waals surface area contributed by atoms with Crippen LogP contribution in [-0.2, 0) is 19.5 Å². The molecule has 0 radical (unpaired) electrons. The molecule has 1 aromatic heterocycles. The number of rotatable bonds is 5. The van der Waals surface area contributed by atoms with Crippen molar-refractivity contribution in [2.75, 3.05) is 7.05 Å². The first kappa shape index (κ1) is 19.9. The Morgan fingerprint density at radius 1 is 1.30 bits per heavy atom. The highest BCUT2D eigenvalue weighted by Gasteiger charge is 2.22. The number of fused-ring (bicyclic) bond motifs is 1. The summed E-state index contributed by atoms with van der Waals surface area (Å²) in [5.41, 5.74) is 1.16. The summed E-state index contributed by atoms with van der Waals surface area (Å²) in [5, 5.41) is 11.2. The van der Waals surface area contributed by atoms with Crippen molar-refractivity contribution in [3.05, 3.63) is 42.0 Å². The van der Waals surface area contributed by atoms with Gasteiger partial charge in [0.1, 0.15) is 17.9 Å². The molecular weight excluding hydrogens is 455 g/mol. The minimum Gasteiger partial charge on any atom is -0.490 e. The second kappa shape index (κ2) is 9.38. The summed E-state index contributed by atoms with van der Waals surface area (Å²) in [7, 11) is 1.80. The van der Waals surface area contributed by atoms with E-state index >= 15 is 0 Å². The molecule has 1 unspecified atom stereocenters. The zero-order valence-electron chi connectivity index (χ0n) is 15.6. The molecule has 0 bridgehead atoms. The predicted molar refractivity (Wildman–Crippen MR) is 116 cm³/mol. The van der Waals surface area contributed by atoms with E-state index in [1.807, 2.05) is 16.8 Å². The minimum atomic E-state index is 0. The Labute approximate surface area is 177 Å². The fourth-order valence-electron chi connectivity index (χ4n) is 3.36. The van der Waals surface area contributed by atoms with E-state index in [1.165, 1.54) is 6.42 Å². The number of benzene rings is 1. The van der Waals surface area contributed by atoms with Crippen molar-refractivity contribution in [2.24, 2.45) is 4.99 Å². The molecule has 0 amide bonds. The molecular formula is C19H27IN6O. The maximum absolute atomic E-state index is 6.11. The van der Waals surface area contributed by atoms with Gasteiger partial charge in [-0.25, -0.2) is 9.67 Å². The molecule has 1 aliphatic carbocycles. The average Bonchev–Trinajstić information content (AvgIpc) is 3.10. The topological polar surface area (TPSA) is 76.4 Å². The van der Waals surface area contributed by atoms with Gasteiger partial charge in [-0.15, -0.1) is 24.0 Å². The van der Waals surface area contributed by atoms with Crippen LogP contribution in [0.5, 0.6) is 5.75 Å². The molecule has 1 atom stereocenters. The summed E-state index contributed by atoms with van der Waals surface area (Å²) in [4.78, 5) is 8.64. The lowest BCUT2D eigenvalue weighted by atomic mass is 9.96. The summed E-state index contributed by atoms with van der Waals surface area (Å²) in [6.45, 7) is 1.50. The van der Waals surface area contributed by atoms with Gasteiger partial charge in [-0.1, -0.05) is 18.2 Å². The highest BCUT2D eigenvalue weighted by molar-refractivity contribution is 14.0. The van der Waals surface area contributed by atoms with Crippen LogP contribution in [0.2, 0.25) is 0 Å². The first-order valence-corrected chi connectivity index (χ1v) is 9.40. The van der Waals surface area contributed by atoms with E-state index in [0.29, 0.717) is 18.7 Å². The third-order valence-electron chi connectivity index (χ3n) is 5.13. The Bertz CT molecular complexity index is 773. The third kappa shape index (κ3) is 4.91. The van der Waals surface area contributed by atoms with Gasteiger partial charge < -0.3 is 15.4 Å². The average molecular weight is 482 g/mol. The largest absolute Gasteiger partial charge is 0.490 e. The molecule has 1 fully saturated rings. The Morgan fingerprint density at radius 2 is 2.15 bits per heavy atom. The summed E-state index contributed by atoms with van der Waals surface area (Å²) in [6, 6.07) is 8.54. The highest BCUT2D eigenvalue weighted by atomic mass is 127. The molecule has 1 aromatic carbocycles. The molecule has 1 saturated carbocycles. The van der Waals surface area contributed by atoms with Crippen LogP contribution in [0.3, 0.4) is 0 Å². The molecule has 2 aromatic rings. The zero-order valence-corrected chi connectivity index (χ0v) is 17.9. The number of nitrogens with zero attached hydrogens (tertiary/aromatic N) is 4. The molecule has 2 heterocycles. The van der Waals surface area contributed by atoms with Crippen LogP contribution >= 0.6 is 24.0 Å². The number of para-hydroxylation sites is 1. The second-order valence-electron chi connectivity index (χ2n) is 6.94. The van der Waals surface area contributed by atoms with Gasteiger partial charge in [0, 0.05) is 31.6 Å². The van der Waals surface area contributed by atoms with E-state index < -0.39 is 0 Å². The van der Waals surface area contributed by atoms with E-state index in [-0.39, 0.29) is 24.0 Å². The van der Waals surface area contributed by atoms with Crippen LogP contribution in [0, 0.1) is 0 Å². The molecule has 27 heavy (non-hydrogen) atoms. The SMILES string of the molecule is CN=C(NCc1ccccc1OC1CCC1)NC1CCc2ncnn2C1.I. The van der Waals surface area contributed by atoms with E-state index in [0.717, 1.165) is 55.3 Å². The fraction of sp³-hybridized carbons (Fsp3) is 0.526. The standard InChI is InChI=1S/C19H26N6O.HI/c1-20-19(24-15-9-10-18-22-13-23-25(18)12-15)21-11-14-5-2-3-8-17(14)26-16-6-4-7-16;/h2-3,5,8,13,15-16H,4,6-7,9-12H2,1H3,(H2,20,21,24);1H. The first-order valence-electron chi connectivity index (χ1n) is 9.40.